The van der Waals surface area contributed by atoms with Gasteiger partial charge in [-0.2, -0.15) is 4.31 Å². The standard InChI is InChI=1S/C21H26FN3O5S/c1-29-16-8-9-18(19(14-16)30-2)23-21(26)15-24-10-5-11-25(13-12-24)31(27,28)20-7-4-3-6-17(20)22/h3-4,6-9,14H,5,10-13,15H2,1-2H3,(H,23,26). The van der Waals surface area contributed by atoms with Crippen LogP contribution in [0.1, 0.15) is 6.42 Å². The van der Waals surface area contributed by atoms with E-state index >= 15 is 0 Å². The fourth-order valence-corrected chi connectivity index (χ4v) is 4.97. The molecule has 0 saturated carbocycles. The van der Waals surface area contributed by atoms with E-state index in [1.807, 2.05) is 4.90 Å². The van der Waals surface area contributed by atoms with Crippen LogP contribution in [0.2, 0.25) is 0 Å². The van der Waals surface area contributed by atoms with Gasteiger partial charge in [0, 0.05) is 25.7 Å². The van der Waals surface area contributed by atoms with Gasteiger partial charge in [0.1, 0.15) is 22.2 Å². The number of methoxy groups -OCH3 is 2. The van der Waals surface area contributed by atoms with Crippen LogP contribution in [-0.4, -0.2) is 70.5 Å². The molecule has 168 valence electrons. The van der Waals surface area contributed by atoms with E-state index in [9.17, 15) is 17.6 Å². The highest BCUT2D eigenvalue weighted by Crippen LogP contribution is 2.29. The number of anilines is 1. The summed E-state index contributed by atoms with van der Waals surface area (Å²) in [6.07, 6.45) is 0.535. The Hall–Kier alpha value is -2.69. The Balaban J connectivity index is 1.61. The molecule has 1 aliphatic heterocycles. The monoisotopic (exact) mass is 451 g/mol. The van der Waals surface area contributed by atoms with E-state index < -0.39 is 15.8 Å². The molecule has 0 unspecified atom stereocenters. The predicted octanol–water partition coefficient (Wildman–Crippen LogP) is 2.18. The van der Waals surface area contributed by atoms with Gasteiger partial charge in [-0.05, 0) is 37.2 Å². The third-order valence-electron chi connectivity index (χ3n) is 5.05. The average Bonchev–Trinajstić information content (AvgIpc) is 3.00. The summed E-state index contributed by atoms with van der Waals surface area (Å²) in [5.41, 5.74) is 0.520. The Bertz CT molecular complexity index is 1030. The quantitative estimate of drug-likeness (QED) is 0.694. The van der Waals surface area contributed by atoms with Gasteiger partial charge in [-0.1, -0.05) is 12.1 Å². The van der Waals surface area contributed by atoms with Crippen molar-refractivity contribution in [1.82, 2.24) is 9.21 Å². The fourth-order valence-electron chi connectivity index (χ4n) is 3.43. The molecule has 1 N–H and O–H groups in total. The van der Waals surface area contributed by atoms with E-state index in [-0.39, 0.29) is 30.4 Å². The Kier molecular flexibility index (Phi) is 7.47. The van der Waals surface area contributed by atoms with Crippen LogP contribution in [0.5, 0.6) is 11.5 Å². The minimum Gasteiger partial charge on any atom is -0.497 e. The summed E-state index contributed by atoms with van der Waals surface area (Å²) in [4.78, 5) is 14.1. The molecule has 1 saturated heterocycles. The molecule has 1 fully saturated rings. The number of sulfonamides is 1. The lowest BCUT2D eigenvalue weighted by molar-refractivity contribution is -0.117. The molecule has 2 aromatic rings. The topological polar surface area (TPSA) is 88.2 Å². The molecular formula is C21H26FN3O5S. The zero-order valence-electron chi connectivity index (χ0n) is 17.5. The Morgan fingerprint density at radius 2 is 1.84 bits per heavy atom. The van der Waals surface area contributed by atoms with Gasteiger partial charge in [-0.15, -0.1) is 0 Å². The van der Waals surface area contributed by atoms with Crippen molar-refractivity contribution in [1.29, 1.82) is 0 Å². The molecule has 1 heterocycles. The van der Waals surface area contributed by atoms with Gasteiger partial charge in [0.05, 0.1) is 26.5 Å². The Morgan fingerprint density at radius 1 is 1.06 bits per heavy atom. The van der Waals surface area contributed by atoms with Crippen molar-refractivity contribution in [2.45, 2.75) is 11.3 Å². The Morgan fingerprint density at radius 3 is 2.55 bits per heavy atom. The first-order chi connectivity index (χ1) is 14.8. The third-order valence-corrected chi connectivity index (χ3v) is 6.98. The molecule has 1 amide bonds. The second-order valence-corrected chi connectivity index (χ2v) is 8.98. The van der Waals surface area contributed by atoms with Crippen LogP contribution in [0.15, 0.2) is 47.4 Å². The summed E-state index contributed by atoms with van der Waals surface area (Å²) in [6, 6.07) is 10.4. The number of nitrogens with zero attached hydrogens (tertiary/aromatic N) is 2. The molecule has 0 radical (unpaired) electrons. The summed E-state index contributed by atoms with van der Waals surface area (Å²) < 4.78 is 51.4. The number of benzene rings is 2. The van der Waals surface area contributed by atoms with Crippen molar-refractivity contribution in [2.24, 2.45) is 0 Å². The first-order valence-corrected chi connectivity index (χ1v) is 11.3. The lowest BCUT2D eigenvalue weighted by atomic mass is 10.2. The van der Waals surface area contributed by atoms with E-state index in [1.54, 1.807) is 25.3 Å². The second kappa shape index (κ2) is 10.1. The summed E-state index contributed by atoms with van der Waals surface area (Å²) >= 11 is 0. The molecule has 31 heavy (non-hydrogen) atoms. The van der Waals surface area contributed by atoms with E-state index in [1.165, 1.54) is 29.6 Å². The van der Waals surface area contributed by atoms with Gasteiger partial charge in [-0.25, -0.2) is 12.8 Å². The van der Waals surface area contributed by atoms with Crippen molar-refractivity contribution in [3.8, 4) is 11.5 Å². The van der Waals surface area contributed by atoms with Crippen LogP contribution >= 0.6 is 0 Å². The van der Waals surface area contributed by atoms with Crippen molar-refractivity contribution in [3.05, 3.63) is 48.3 Å². The lowest BCUT2D eigenvalue weighted by Gasteiger charge is -2.22. The molecule has 3 rings (SSSR count). The van der Waals surface area contributed by atoms with Gasteiger partial charge in [0.15, 0.2) is 0 Å². The van der Waals surface area contributed by atoms with Crippen molar-refractivity contribution in [2.75, 3.05) is 52.3 Å². The summed E-state index contributed by atoms with van der Waals surface area (Å²) in [7, 11) is -0.882. The van der Waals surface area contributed by atoms with Gasteiger partial charge in [0.2, 0.25) is 15.9 Å². The van der Waals surface area contributed by atoms with Gasteiger partial charge in [-0.3, -0.25) is 9.69 Å². The number of ether oxygens (including phenoxy) is 2. The van der Waals surface area contributed by atoms with Crippen molar-refractivity contribution < 1.29 is 27.1 Å². The van der Waals surface area contributed by atoms with Gasteiger partial charge in [0.25, 0.3) is 0 Å². The van der Waals surface area contributed by atoms with Crippen LogP contribution in [0.3, 0.4) is 0 Å². The molecule has 0 atom stereocenters. The van der Waals surface area contributed by atoms with Crippen molar-refractivity contribution >= 4 is 21.6 Å². The maximum atomic E-state index is 14.0. The summed E-state index contributed by atoms with van der Waals surface area (Å²) in [5, 5.41) is 2.81. The minimum absolute atomic E-state index is 0.1000. The summed E-state index contributed by atoms with van der Waals surface area (Å²) in [5.74, 6) is 0.0783. The van der Waals surface area contributed by atoms with E-state index in [2.05, 4.69) is 5.32 Å². The highest BCUT2D eigenvalue weighted by Gasteiger charge is 2.29. The lowest BCUT2D eigenvalue weighted by Crippen LogP contribution is -2.38. The first-order valence-electron chi connectivity index (χ1n) is 9.84. The van der Waals surface area contributed by atoms with Gasteiger partial charge < -0.3 is 14.8 Å². The maximum absolute atomic E-state index is 14.0. The zero-order chi connectivity index (χ0) is 22.4. The van der Waals surface area contributed by atoms with E-state index in [0.29, 0.717) is 36.7 Å². The van der Waals surface area contributed by atoms with E-state index in [4.69, 9.17) is 9.47 Å². The van der Waals surface area contributed by atoms with Crippen LogP contribution in [-0.2, 0) is 14.8 Å². The molecule has 0 spiro atoms. The molecule has 2 aromatic carbocycles. The number of carbonyl (C=O) groups is 1. The number of carbonyl (C=O) groups excluding carboxylic acids is 1. The summed E-state index contributed by atoms with van der Waals surface area (Å²) in [6.45, 7) is 1.46. The van der Waals surface area contributed by atoms with Gasteiger partial charge >= 0.3 is 0 Å². The molecular weight excluding hydrogens is 425 g/mol. The van der Waals surface area contributed by atoms with Crippen LogP contribution in [0, 0.1) is 5.82 Å². The number of halogens is 1. The smallest absolute Gasteiger partial charge is 0.246 e. The second-order valence-electron chi connectivity index (χ2n) is 7.08. The number of amides is 1. The number of hydrogen-bond donors (Lipinski definition) is 1. The third kappa shape index (κ3) is 5.52. The van der Waals surface area contributed by atoms with Crippen LogP contribution in [0.25, 0.3) is 0 Å². The zero-order valence-corrected chi connectivity index (χ0v) is 18.3. The van der Waals surface area contributed by atoms with Crippen LogP contribution in [0.4, 0.5) is 10.1 Å². The molecule has 8 nitrogen and oxygen atoms in total. The number of nitrogens with one attached hydrogen (secondary N) is 1. The molecule has 0 aromatic heterocycles. The molecule has 0 aliphatic carbocycles. The molecule has 0 bridgehead atoms. The Labute approximate surface area is 181 Å². The largest absolute Gasteiger partial charge is 0.497 e. The number of rotatable bonds is 7. The normalized spacial score (nSPS) is 15.8. The molecule has 10 heteroatoms. The predicted molar refractivity (Wildman–Crippen MR) is 114 cm³/mol. The molecule has 1 aliphatic rings. The SMILES string of the molecule is COc1ccc(NC(=O)CN2CCCN(S(=O)(=O)c3ccccc3F)CC2)c(OC)c1. The highest BCUT2D eigenvalue weighted by atomic mass is 32.2. The highest BCUT2D eigenvalue weighted by molar-refractivity contribution is 7.89. The fraction of sp³-hybridized carbons (Fsp3) is 0.381. The van der Waals surface area contributed by atoms with Crippen LogP contribution < -0.4 is 14.8 Å². The minimum atomic E-state index is -3.93. The van der Waals surface area contributed by atoms with E-state index in [0.717, 1.165) is 6.07 Å². The maximum Gasteiger partial charge on any atom is 0.246 e. The first kappa shape index (κ1) is 23.0. The number of hydrogen-bond acceptors (Lipinski definition) is 6. The average molecular weight is 452 g/mol. The van der Waals surface area contributed by atoms with Crippen molar-refractivity contribution in [3.63, 3.8) is 0 Å².